The highest BCUT2D eigenvalue weighted by atomic mass is 32.1. The molecule has 6 rings (SSSR count). The number of carbonyl (C=O) groups is 6. The molecule has 9 unspecified atom stereocenters. The summed E-state index contributed by atoms with van der Waals surface area (Å²) in [6, 6.07) is 9.66. The Kier molecular flexibility index (Phi) is 12.0. The zero-order chi connectivity index (χ0) is 43.2. The second kappa shape index (κ2) is 16.3. The van der Waals surface area contributed by atoms with Crippen molar-refractivity contribution in [2.24, 2.45) is 16.7 Å². The Balaban J connectivity index is 1.54. The van der Waals surface area contributed by atoms with Gasteiger partial charge in [-0.3, -0.25) is 14.4 Å². The summed E-state index contributed by atoms with van der Waals surface area (Å²) in [5.74, 6) is -6.30. The van der Waals surface area contributed by atoms with Crippen LogP contribution in [0.25, 0.3) is 0 Å². The van der Waals surface area contributed by atoms with Gasteiger partial charge >= 0.3 is 30.0 Å². The Morgan fingerprint density at radius 1 is 1.03 bits per heavy atom. The quantitative estimate of drug-likeness (QED) is 0.145. The van der Waals surface area contributed by atoms with E-state index in [0.29, 0.717) is 4.88 Å². The number of amides is 1. The highest BCUT2D eigenvalue weighted by molar-refractivity contribution is 7.10. The van der Waals surface area contributed by atoms with Gasteiger partial charge in [0.15, 0.2) is 23.6 Å². The van der Waals surface area contributed by atoms with Crippen molar-refractivity contribution in [1.29, 1.82) is 0 Å². The van der Waals surface area contributed by atoms with Crippen molar-refractivity contribution in [2.45, 2.75) is 108 Å². The number of Topliss-reactive ketones (excluding diaryl/α,β-unsaturated/α-hetero) is 1. The summed E-state index contributed by atoms with van der Waals surface area (Å²) in [4.78, 5) is 82.5. The van der Waals surface area contributed by atoms with E-state index in [-0.39, 0.29) is 36.3 Å². The minimum absolute atomic E-state index is 0.0131. The van der Waals surface area contributed by atoms with Crippen LogP contribution in [-0.2, 0) is 47.6 Å². The topological polar surface area (TPSA) is 231 Å². The summed E-state index contributed by atoms with van der Waals surface area (Å²) in [6.07, 6.45) is -10.2. The fourth-order valence-electron chi connectivity index (χ4n) is 9.44. The number of hydrogen-bond donors (Lipinski definition) is 4. The zero-order valence-corrected chi connectivity index (χ0v) is 34.3. The average Bonchev–Trinajstić information content (AvgIpc) is 3.72. The first-order valence-electron chi connectivity index (χ1n) is 19.1. The number of thiophene rings is 1. The van der Waals surface area contributed by atoms with Gasteiger partial charge in [0.05, 0.1) is 29.6 Å². The van der Waals surface area contributed by atoms with Crippen LogP contribution in [0.5, 0.6) is 0 Å². The molecule has 318 valence electrons. The maximum absolute atomic E-state index is 15.4. The van der Waals surface area contributed by atoms with Gasteiger partial charge in [0, 0.05) is 37.0 Å². The van der Waals surface area contributed by atoms with E-state index < -0.39 is 113 Å². The molecule has 2 heterocycles. The van der Waals surface area contributed by atoms with Crippen LogP contribution in [0.15, 0.2) is 71.6 Å². The van der Waals surface area contributed by atoms with E-state index in [1.165, 1.54) is 32.1 Å². The van der Waals surface area contributed by atoms with Crippen LogP contribution in [0.4, 0.5) is 4.79 Å². The highest BCUT2D eigenvalue weighted by Gasteiger charge is 2.78. The predicted octanol–water partition coefficient (Wildman–Crippen LogP) is 3.28. The molecular formula is C42H49NO15S. The van der Waals surface area contributed by atoms with Crippen molar-refractivity contribution < 1.29 is 72.5 Å². The summed E-state index contributed by atoms with van der Waals surface area (Å²) in [5, 5.41) is 41.2. The van der Waals surface area contributed by atoms with Crippen LogP contribution in [0.3, 0.4) is 0 Å². The van der Waals surface area contributed by atoms with E-state index >= 15 is 4.79 Å². The normalized spacial score (nSPS) is 32.9. The van der Waals surface area contributed by atoms with Crippen molar-refractivity contribution in [3.05, 3.63) is 82.1 Å². The molecular weight excluding hydrogens is 791 g/mol. The summed E-state index contributed by atoms with van der Waals surface area (Å²) >= 11 is 1.13. The predicted molar refractivity (Wildman–Crippen MR) is 206 cm³/mol. The SMILES string of the molecule is C=CCOC(=O)NC(c1cccs1)C(O)C(=O)OC1CC2(O)C(OC(=O)c3ccccc3)C3[C@]4(OC(C)=O)COC4CC(O)[C@@]3(C)C(=O)C(OC(C)=O)C(=C1C)C2(C)C. The van der Waals surface area contributed by atoms with E-state index in [0.717, 1.165) is 25.2 Å². The van der Waals surface area contributed by atoms with Gasteiger partial charge in [0.25, 0.3) is 0 Å². The van der Waals surface area contributed by atoms with Gasteiger partial charge in [-0.1, -0.05) is 50.8 Å². The molecule has 4 aliphatic rings. The first kappa shape index (κ1) is 43.6. The summed E-state index contributed by atoms with van der Waals surface area (Å²) in [7, 11) is 0. The van der Waals surface area contributed by atoms with Crippen LogP contribution in [0.1, 0.15) is 75.7 Å². The zero-order valence-electron chi connectivity index (χ0n) is 33.5. The van der Waals surface area contributed by atoms with Gasteiger partial charge in [0.2, 0.25) is 0 Å². The Hall–Kier alpha value is -4.94. The number of ether oxygens (including phenoxy) is 6. The van der Waals surface area contributed by atoms with Crippen LogP contribution in [-0.4, -0.2) is 112 Å². The number of ketones is 1. The summed E-state index contributed by atoms with van der Waals surface area (Å²) in [5.41, 5.74) is -7.67. The lowest BCUT2D eigenvalue weighted by Gasteiger charge is -2.67. The van der Waals surface area contributed by atoms with Crippen LogP contribution in [0.2, 0.25) is 0 Å². The third-order valence-electron chi connectivity index (χ3n) is 12.5. The molecule has 16 nitrogen and oxygen atoms in total. The van der Waals surface area contributed by atoms with Crippen LogP contribution < -0.4 is 5.32 Å². The standard InChI is InChI=1S/C42H49NO15S/c1-8-16-53-38(51)43-30(26-15-12-17-59-26)31(47)37(50)56-25-19-42(52)35(57-36(49)24-13-10-9-11-14-24)33-40(7,27(46)18-28-41(33,20-54-28)58-23(4)45)34(48)32(55-22(3)44)29(21(25)2)39(42,5)6/h8-15,17,25,27-28,30-33,35,46-47,52H,1,16,18-20H2,2-7H3,(H,43,51)/t25?,27?,28?,30?,31?,32?,33?,35?,40-,41+,42?/m1/s1. The fraction of sp³-hybridized carbons (Fsp3) is 0.524. The summed E-state index contributed by atoms with van der Waals surface area (Å²) in [6.45, 7) is 11.2. The lowest BCUT2D eigenvalue weighted by molar-refractivity contribution is -0.346. The molecule has 11 atom stereocenters. The van der Waals surface area contributed by atoms with Gasteiger partial charge < -0.3 is 49.1 Å². The number of carbonyl (C=O) groups excluding carboxylic acids is 6. The van der Waals surface area contributed by atoms with Gasteiger partial charge in [-0.15, -0.1) is 11.3 Å². The van der Waals surface area contributed by atoms with E-state index in [1.54, 1.807) is 49.6 Å². The van der Waals surface area contributed by atoms with E-state index in [9.17, 15) is 39.3 Å². The fourth-order valence-corrected chi connectivity index (χ4v) is 10.2. The molecule has 2 aromatic rings. The second-order valence-corrected chi connectivity index (χ2v) is 17.1. The molecule has 0 radical (unpaired) electrons. The first-order valence-corrected chi connectivity index (χ1v) is 20.0. The number of fused-ring (bicyclic) bond motifs is 5. The number of nitrogens with one attached hydrogen (secondary N) is 1. The van der Waals surface area contributed by atoms with Gasteiger partial charge in [-0.2, -0.15) is 0 Å². The Morgan fingerprint density at radius 2 is 1.73 bits per heavy atom. The minimum Gasteiger partial charge on any atom is -0.456 e. The molecule has 3 aliphatic carbocycles. The van der Waals surface area contributed by atoms with Crippen molar-refractivity contribution in [3.63, 3.8) is 0 Å². The number of esters is 4. The first-order chi connectivity index (χ1) is 27.7. The number of hydrogen-bond acceptors (Lipinski definition) is 16. The van der Waals surface area contributed by atoms with Crippen molar-refractivity contribution in [3.8, 4) is 0 Å². The molecule has 1 saturated heterocycles. The molecule has 2 saturated carbocycles. The lowest BCUT2D eigenvalue weighted by atomic mass is 9.44. The smallest absolute Gasteiger partial charge is 0.408 e. The molecule has 4 N–H and O–H groups in total. The Morgan fingerprint density at radius 3 is 2.31 bits per heavy atom. The molecule has 3 fully saturated rings. The molecule has 1 aliphatic heterocycles. The monoisotopic (exact) mass is 839 g/mol. The van der Waals surface area contributed by atoms with Crippen LogP contribution >= 0.6 is 11.3 Å². The minimum atomic E-state index is -2.39. The number of benzene rings is 1. The highest BCUT2D eigenvalue weighted by Crippen LogP contribution is 2.64. The van der Waals surface area contributed by atoms with Gasteiger partial charge in [-0.05, 0) is 48.6 Å². The molecule has 59 heavy (non-hydrogen) atoms. The number of aliphatic hydroxyl groups excluding tert-OH is 2. The number of aliphatic hydroxyl groups is 3. The van der Waals surface area contributed by atoms with E-state index in [1.807, 2.05) is 0 Å². The van der Waals surface area contributed by atoms with E-state index in [2.05, 4.69) is 11.9 Å². The Bertz CT molecular complexity index is 2030. The lowest BCUT2D eigenvalue weighted by Crippen LogP contribution is -2.82. The molecule has 1 aromatic carbocycles. The molecule has 0 spiro atoms. The van der Waals surface area contributed by atoms with Crippen molar-refractivity contribution in [2.75, 3.05) is 13.2 Å². The number of rotatable bonds is 11. The van der Waals surface area contributed by atoms with Gasteiger partial charge in [-0.25, -0.2) is 14.4 Å². The third kappa shape index (κ3) is 7.36. The number of alkyl carbamates (subject to hydrolysis) is 1. The van der Waals surface area contributed by atoms with Gasteiger partial charge in [0.1, 0.15) is 36.6 Å². The molecule has 2 bridgehead atoms. The summed E-state index contributed by atoms with van der Waals surface area (Å²) < 4.78 is 35.1. The van der Waals surface area contributed by atoms with Crippen molar-refractivity contribution >= 4 is 47.1 Å². The maximum Gasteiger partial charge on any atom is 0.408 e. The second-order valence-electron chi connectivity index (χ2n) is 16.2. The molecule has 1 amide bonds. The Labute approximate surface area is 344 Å². The average molecular weight is 840 g/mol. The van der Waals surface area contributed by atoms with Crippen LogP contribution in [0, 0.1) is 16.7 Å². The third-order valence-corrected chi connectivity index (χ3v) is 13.4. The largest absolute Gasteiger partial charge is 0.456 e. The van der Waals surface area contributed by atoms with Crippen molar-refractivity contribution in [1.82, 2.24) is 5.32 Å². The maximum atomic E-state index is 15.4. The molecule has 17 heteroatoms. The molecule has 1 aromatic heterocycles. The van der Waals surface area contributed by atoms with E-state index in [4.69, 9.17) is 28.4 Å².